The lowest BCUT2D eigenvalue weighted by atomic mass is 9.78. The van der Waals surface area contributed by atoms with E-state index in [0.717, 1.165) is 12.0 Å². The Labute approximate surface area is 187 Å². The minimum Gasteiger partial charge on any atom is -0.467 e. The Bertz CT molecular complexity index is 882. The van der Waals surface area contributed by atoms with E-state index >= 15 is 0 Å². The molecule has 1 saturated heterocycles. The third-order valence-corrected chi connectivity index (χ3v) is 9.69. The number of ether oxygens (including phenoxy) is 2. The fourth-order valence-electron chi connectivity index (χ4n) is 3.66. The van der Waals surface area contributed by atoms with Crippen LogP contribution in [-0.2, 0) is 33.9 Å². The third-order valence-electron chi connectivity index (χ3n) is 4.68. The molecule has 1 rings (SSSR count). The number of hydrogen-bond acceptors (Lipinski definition) is 8. The maximum Gasteiger partial charge on any atom is 0.411 e. The summed E-state index contributed by atoms with van der Waals surface area (Å²) in [4.78, 5) is 26.5. The molecule has 3 atom stereocenters. The first-order valence-corrected chi connectivity index (χ1v) is 13.4. The highest BCUT2D eigenvalue weighted by Crippen LogP contribution is 2.47. The summed E-state index contributed by atoms with van der Waals surface area (Å²) >= 11 is 11.2. The van der Waals surface area contributed by atoms with E-state index in [4.69, 9.17) is 32.7 Å². The molecule has 0 unspecified atom stereocenters. The molecule has 0 aromatic heterocycles. The normalized spacial score (nSPS) is 25.1. The number of likely N-dealkylation sites (tertiary alicyclic amines) is 1. The molecule has 1 aliphatic heterocycles. The molecular formula is C17H27Cl2NO8S2. The van der Waals surface area contributed by atoms with Crippen molar-refractivity contribution in [2.24, 2.45) is 5.41 Å². The van der Waals surface area contributed by atoms with E-state index in [1.165, 1.54) is 6.08 Å². The van der Waals surface area contributed by atoms with Crippen LogP contribution in [-0.4, -0.2) is 80.5 Å². The zero-order chi connectivity index (χ0) is 23.5. The van der Waals surface area contributed by atoms with Crippen LogP contribution >= 0.6 is 23.2 Å². The molecule has 13 heteroatoms. The van der Waals surface area contributed by atoms with Crippen molar-refractivity contribution in [2.75, 3.05) is 29.8 Å². The molecule has 30 heavy (non-hydrogen) atoms. The second-order valence-corrected chi connectivity index (χ2v) is 13.5. The van der Waals surface area contributed by atoms with E-state index in [0.29, 0.717) is 0 Å². The van der Waals surface area contributed by atoms with Crippen molar-refractivity contribution in [3.05, 3.63) is 12.7 Å². The summed E-state index contributed by atoms with van der Waals surface area (Å²) in [7, 11) is -7.11. The lowest BCUT2D eigenvalue weighted by molar-refractivity contribution is -0.148. The van der Waals surface area contributed by atoms with Gasteiger partial charge in [-0.05, 0) is 27.2 Å². The van der Waals surface area contributed by atoms with Crippen molar-refractivity contribution < 1.29 is 35.9 Å². The Balaban J connectivity index is 3.81. The molecule has 0 aliphatic carbocycles. The zero-order valence-corrected chi connectivity index (χ0v) is 20.4. The third kappa shape index (κ3) is 5.80. The quantitative estimate of drug-likeness (QED) is 0.277. The van der Waals surface area contributed by atoms with Gasteiger partial charge in [0.1, 0.15) is 22.1 Å². The second kappa shape index (κ2) is 9.62. The van der Waals surface area contributed by atoms with Gasteiger partial charge >= 0.3 is 12.1 Å². The van der Waals surface area contributed by atoms with Gasteiger partial charge in [-0.1, -0.05) is 6.08 Å². The van der Waals surface area contributed by atoms with Crippen molar-refractivity contribution in [1.29, 1.82) is 0 Å². The molecule has 174 valence electrons. The molecule has 9 nitrogen and oxygen atoms in total. The number of alkyl halides is 2. The molecule has 0 saturated carbocycles. The Morgan fingerprint density at radius 1 is 1.20 bits per heavy atom. The molecule has 0 N–H and O–H groups in total. The summed E-state index contributed by atoms with van der Waals surface area (Å²) in [5.41, 5.74) is -2.77. The lowest BCUT2D eigenvalue weighted by Gasteiger charge is -2.37. The molecule has 1 amide bonds. The van der Waals surface area contributed by atoms with Crippen LogP contribution in [0.25, 0.3) is 0 Å². The van der Waals surface area contributed by atoms with Crippen LogP contribution in [0.15, 0.2) is 12.7 Å². The number of carbonyl (C=O) groups is 2. The van der Waals surface area contributed by atoms with Crippen molar-refractivity contribution in [3.63, 3.8) is 0 Å². The highest BCUT2D eigenvalue weighted by atomic mass is 35.5. The van der Waals surface area contributed by atoms with Gasteiger partial charge in [-0.15, -0.1) is 29.8 Å². The topological polar surface area (TPSA) is 124 Å². The Kier molecular flexibility index (Phi) is 8.66. The predicted molar refractivity (Wildman–Crippen MR) is 114 cm³/mol. The summed E-state index contributed by atoms with van der Waals surface area (Å²) in [6.07, 6.45) is 0.0692. The van der Waals surface area contributed by atoms with E-state index < -0.39 is 76.8 Å². The number of carbonyl (C=O) groups excluding carboxylic acids is 2. The number of sulfone groups is 2. The summed E-state index contributed by atoms with van der Waals surface area (Å²) in [5.74, 6) is -1.78. The number of amides is 1. The number of allylic oxidation sites excluding steroid dienone is 1. The Morgan fingerprint density at radius 3 is 2.17 bits per heavy atom. The zero-order valence-electron chi connectivity index (χ0n) is 17.3. The van der Waals surface area contributed by atoms with E-state index in [1.54, 1.807) is 20.8 Å². The number of hydrogen-bond donors (Lipinski definition) is 0. The molecule has 0 aromatic rings. The number of nitrogens with zero attached hydrogens (tertiary/aromatic N) is 1. The maximum atomic E-state index is 12.9. The van der Waals surface area contributed by atoms with Gasteiger partial charge in [-0.2, -0.15) is 0 Å². The van der Waals surface area contributed by atoms with Gasteiger partial charge in [0.05, 0.1) is 18.1 Å². The highest BCUT2D eigenvalue weighted by molar-refractivity contribution is 7.94. The number of rotatable bonds is 8. The van der Waals surface area contributed by atoms with Crippen LogP contribution in [0.5, 0.6) is 0 Å². The van der Waals surface area contributed by atoms with Crippen LogP contribution in [0.1, 0.15) is 27.2 Å². The fourth-order valence-corrected chi connectivity index (χ4v) is 7.39. The highest BCUT2D eigenvalue weighted by Gasteiger charge is 2.64. The van der Waals surface area contributed by atoms with Crippen molar-refractivity contribution in [1.82, 2.24) is 4.90 Å². The van der Waals surface area contributed by atoms with E-state index in [9.17, 15) is 26.4 Å². The molecule has 1 aliphatic rings. The average molecular weight is 508 g/mol. The smallest absolute Gasteiger partial charge is 0.411 e. The first kappa shape index (κ1) is 27.0. The van der Waals surface area contributed by atoms with Gasteiger partial charge in [-0.3, -0.25) is 4.90 Å². The van der Waals surface area contributed by atoms with Crippen LogP contribution < -0.4 is 0 Å². The maximum absolute atomic E-state index is 12.9. The number of esters is 1. The molecule has 0 bridgehead atoms. The minimum atomic E-state index is -4.14. The van der Waals surface area contributed by atoms with Gasteiger partial charge in [0.15, 0.2) is 19.7 Å². The second-order valence-electron chi connectivity index (χ2n) is 8.04. The number of halogens is 2. The van der Waals surface area contributed by atoms with E-state index in [1.807, 2.05) is 0 Å². The first-order chi connectivity index (χ1) is 13.6. The van der Waals surface area contributed by atoms with Gasteiger partial charge in [0, 0.05) is 12.0 Å². The van der Waals surface area contributed by atoms with Gasteiger partial charge in [0.25, 0.3) is 0 Å². The van der Waals surface area contributed by atoms with E-state index in [-0.39, 0.29) is 6.42 Å². The van der Waals surface area contributed by atoms with Crippen LogP contribution in [0.3, 0.4) is 0 Å². The van der Waals surface area contributed by atoms with Gasteiger partial charge < -0.3 is 9.47 Å². The van der Waals surface area contributed by atoms with Crippen molar-refractivity contribution in [3.8, 4) is 0 Å². The molecule has 1 fully saturated rings. The largest absolute Gasteiger partial charge is 0.467 e. The standard InChI is InChI=1S/C17H27Cl2NO8S2/c1-6-7-17(9-29(23,24)10-18)12(30(25,26)11-19)8-20(13(17)14(21)27-5)15(22)28-16(2,3)4/h6,12-13H,1,7-11H2,2-5H3/t12-,13-,17+/m1/s1. The van der Waals surface area contributed by atoms with Crippen LogP contribution in [0.2, 0.25) is 0 Å². The fraction of sp³-hybridized carbons (Fsp3) is 0.765. The summed E-state index contributed by atoms with van der Waals surface area (Å²) < 4.78 is 60.8. The molecule has 0 radical (unpaired) electrons. The SMILES string of the molecule is C=CC[C@]1(CS(=O)(=O)CCl)[C@H](S(=O)(=O)CCl)CN(C(=O)OC(C)(C)C)[C@@H]1C(=O)OC. The van der Waals surface area contributed by atoms with Crippen LogP contribution in [0.4, 0.5) is 4.79 Å². The summed E-state index contributed by atoms with van der Waals surface area (Å²) in [5, 5.41) is -3.14. The molecule has 0 aromatic carbocycles. The summed E-state index contributed by atoms with van der Waals surface area (Å²) in [6, 6.07) is -1.57. The average Bonchev–Trinajstić information content (AvgIpc) is 2.94. The monoisotopic (exact) mass is 507 g/mol. The number of methoxy groups -OCH3 is 1. The Morgan fingerprint density at radius 2 is 1.77 bits per heavy atom. The van der Waals surface area contributed by atoms with Crippen molar-refractivity contribution in [2.45, 2.75) is 44.1 Å². The lowest BCUT2D eigenvalue weighted by Crippen LogP contribution is -2.54. The summed E-state index contributed by atoms with van der Waals surface area (Å²) in [6.45, 7) is 7.85. The predicted octanol–water partition coefficient (Wildman–Crippen LogP) is 1.93. The first-order valence-electron chi connectivity index (χ1n) is 8.83. The molecular weight excluding hydrogens is 481 g/mol. The van der Waals surface area contributed by atoms with Crippen LogP contribution in [0, 0.1) is 5.41 Å². The molecule has 0 spiro atoms. The van der Waals surface area contributed by atoms with E-state index in [2.05, 4.69) is 6.58 Å². The van der Waals surface area contributed by atoms with Gasteiger partial charge in [0.2, 0.25) is 0 Å². The van der Waals surface area contributed by atoms with Crippen molar-refractivity contribution >= 4 is 54.9 Å². The molecule has 1 heterocycles. The Hall–Kier alpha value is -1.04. The van der Waals surface area contributed by atoms with Gasteiger partial charge in [-0.25, -0.2) is 26.4 Å². The minimum absolute atomic E-state index is 0.233.